The van der Waals surface area contributed by atoms with Crippen molar-refractivity contribution in [3.63, 3.8) is 0 Å². The zero-order valence-corrected chi connectivity index (χ0v) is 15.2. The molecule has 0 N–H and O–H groups in total. The molecule has 0 bridgehead atoms. The zero-order chi connectivity index (χ0) is 18.2. The molecule has 5 rings (SSSR count). The van der Waals surface area contributed by atoms with Gasteiger partial charge in [-0.25, -0.2) is 19.9 Å². The molecular formula is C21H20N6. The number of fused-ring (bicyclic) bond motifs is 2. The summed E-state index contributed by atoms with van der Waals surface area (Å²) in [5.41, 5.74) is 5.10. The molecule has 0 unspecified atom stereocenters. The van der Waals surface area contributed by atoms with Crippen LogP contribution < -0.4 is 9.80 Å². The van der Waals surface area contributed by atoms with Gasteiger partial charge in [-0.05, 0) is 37.3 Å². The van der Waals surface area contributed by atoms with E-state index in [0.29, 0.717) is 0 Å². The number of hydrogen-bond acceptors (Lipinski definition) is 6. The van der Waals surface area contributed by atoms with E-state index in [1.165, 1.54) is 5.69 Å². The molecule has 3 heterocycles. The molecule has 0 aliphatic carbocycles. The Morgan fingerprint density at radius 1 is 0.815 bits per heavy atom. The lowest BCUT2D eigenvalue weighted by atomic mass is 10.2. The molecule has 2 aromatic heterocycles. The summed E-state index contributed by atoms with van der Waals surface area (Å²) < 4.78 is 0. The fraction of sp³-hybridized carbons (Fsp3) is 0.238. The maximum atomic E-state index is 4.87. The van der Waals surface area contributed by atoms with Crippen LogP contribution in [0.25, 0.3) is 21.9 Å². The van der Waals surface area contributed by atoms with E-state index in [9.17, 15) is 0 Å². The Morgan fingerprint density at radius 2 is 1.56 bits per heavy atom. The van der Waals surface area contributed by atoms with Crippen molar-refractivity contribution >= 4 is 33.4 Å². The SMILES string of the molecule is Cc1nc2ccccc2nc1N1CCN(c2ccc3ncncc3c2)CC1. The largest absolute Gasteiger partial charge is 0.368 e. The molecule has 1 aliphatic rings. The Hall–Kier alpha value is -3.28. The third-order valence-corrected chi connectivity index (χ3v) is 5.15. The predicted molar refractivity (Wildman–Crippen MR) is 108 cm³/mol. The van der Waals surface area contributed by atoms with Gasteiger partial charge in [-0.1, -0.05) is 12.1 Å². The summed E-state index contributed by atoms with van der Waals surface area (Å²) in [5, 5.41) is 1.08. The van der Waals surface area contributed by atoms with Gasteiger partial charge in [-0.2, -0.15) is 0 Å². The second-order valence-corrected chi connectivity index (χ2v) is 6.86. The maximum Gasteiger partial charge on any atom is 0.150 e. The van der Waals surface area contributed by atoms with Gasteiger partial charge >= 0.3 is 0 Å². The molecule has 134 valence electrons. The summed E-state index contributed by atoms with van der Waals surface area (Å²) in [4.78, 5) is 22.8. The average molecular weight is 356 g/mol. The Balaban J connectivity index is 1.37. The van der Waals surface area contributed by atoms with E-state index in [1.54, 1.807) is 6.33 Å². The molecule has 0 saturated carbocycles. The molecule has 2 aromatic carbocycles. The van der Waals surface area contributed by atoms with Crippen molar-refractivity contribution in [1.29, 1.82) is 0 Å². The first-order chi connectivity index (χ1) is 13.3. The molecule has 0 atom stereocenters. The highest BCUT2D eigenvalue weighted by Crippen LogP contribution is 2.25. The van der Waals surface area contributed by atoms with E-state index in [4.69, 9.17) is 9.97 Å². The van der Waals surface area contributed by atoms with Crippen LogP contribution in [0.2, 0.25) is 0 Å². The molecule has 1 saturated heterocycles. The summed E-state index contributed by atoms with van der Waals surface area (Å²) in [7, 11) is 0. The van der Waals surface area contributed by atoms with Crippen LogP contribution in [0.15, 0.2) is 55.0 Å². The van der Waals surface area contributed by atoms with Crippen molar-refractivity contribution in [2.75, 3.05) is 36.0 Å². The van der Waals surface area contributed by atoms with Crippen molar-refractivity contribution in [2.45, 2.75) is 6.92 Å². The number of para-hydroxylation sites is 2. The number of anilines is 2. The topological polar surface area (TPSA) is 58.0 Å². The van der Waals surface area contributed by atoms with Crippen LogP contribution in [0, 0.1) is 6.92 Å². The van der Waals surface area contributed by atoms with Crippen LogP contribution in [-0.2, 0) is 0 Å². The molecule has 27 heavy (non-hydrogen) atoms. The van der Waals surface area contributed by atoms with Gasteiger partial charge in [0, 0.05) is 43.4 Å². The predicted octanol–water partition coefficient (Wildman–Crippen LogP) is 3.21. The van der Waals surface area contributed by atoms with Crippen LogP contribution in [0.5, 0.6) is 0 Å². The minimum Gasteiger partial charge on any atom is -0.368 e. The van der Waals surface area contributed by atoms with Crippen LogP contribution in [-0.4, -0.2) is 46.1 Å². The Morgan fingerprint density at radius 3 is 2.37 bits per heavy atom. The quantitative estimate of drug-likeness (QED) is 0.550. The van der Waals surface area contributed by atoms with Gasteiger partial charge in [0.2, 0.25) is 0 Å². The van der Waals surface area contributed by atoms with Gasteiger partial charge in [0.1, 0.15) is 6.33 Å². The highest BCUT2D eigenvalue weighted by atomic mass is 15.3. The van der Waals surface area contributed by atoms with Crippen LogP contribution in [0.3, 0.4) is 0 Å². The minimum absolute atomic E-state index is 0.928. The van der Waals surface area contributed by atoms with Crippen molar-refractivity contribution in [1.82, 2.24) is 19.9 Å². The lowest BCUT2D eigenvalue weighted by Crippen LogP contribution is -2.47. The average Bonchev–Trinajstić information content (AvgIpc) is 2.73. The fourth-order valence-corrected chi connectivity index (χ4v) is 3.72. The Kier molecular flexibility index (Phi) is 3.81. The van der Waals surface area contributed by atoms with E-state index >= 15 is 0 Å². The molecule has 0 spiro atoms. The summed E-state index contributed by atoms with van der Waals surface area (Å²) in [6.45, 7) is 5.80. The number of rotatable bonds is 2. The summed E-state index contributed by atoms with van der Waals surface area (Å²) >= 11 is 0. The number of benzene rings is 2. The molecule has 1 fully saturated rings. The molecule has 1 aliphatic heterocycles. The van der Waals surface area contributed by atoms with Crippen LogP contribution in [0.1, 0.15) is 5.69 Å². The lowest BCUT2D eigenvalue weighted by molar-refractivity contribution is 0.646. The summed E-state index contributed by atoms with van der Waals surface area (Å²) in [6, 6.07) is 14.4. The van der Waals surface area contributed by atoms with Gasteiger partial charge in [0.25, 0.3) is 0 Å². The van der Waals surface area contributed by atoms with E-state index in [2.05, 4.69) is 38.0 Å². The molecule has 0 radical (unpaired) electrons. The Labute approximate surface area is 157 Å². The number of nitrogens with zero attached hydrogens (tertiary/aromatic N) is 6. The molecule has 6 heteroatoms. The van der Waals surface area contributed by atoms with Gasteiger partial charge in [0.15, 0.2) is 5.82 Å². The van der Waals surface area contributed by atoms with Crippen molar-refractivity contribution in [3.05, 3.63) is 60.7 Å². The first-order valence-corrected chi connectivity index (χ1v) is 9.21. The van der Waals surface area contributed by atoms with Crippen LogP contribution >= 0.6 is 0 Å². The standard InChI is InChI=1S/C21H20N6/c1-15-21(25-20-5-3-2-4-19(20)24-15)27-10-8-26(9-11-27)17-6-7-18-16(12-17)13-22-14-23-18/h2-7,12-14H,8-11H2,1H3. The third-order valence-electron chi connectivity index (χ3n) is 5.15. The second-order valence-electron chi connectivity index (χ2n) is 6.86. The van der Waals surface area contributed by atoms with E-state index < -0.39 is 0 Å². The number of aryl methyl sites for hydroxylation is 1. The minimum atomic E-state index is 0.928. The zero-order valence-electron chi connectivity index (χ0n) is 15.2. The number of hydrogen-bond donors (Lipinski definition) is 0. The second kappa shape index (κ2) is 6.46. The monoisotopic (exact) mass is 356 g/mol. The molecule has 4 aromatic rings. The highest BCUT2D eigenvalue weighted by molar-refractivity contribution is 5.81. The van der Waals surface area contributed by atoms with Crippen LogP contribution in [0.4, 0.5) is 11.5 Å². The van der Waals surface area contributed by atoms with Gasteiger partial charge in [-0.15, -0.1) is 0 Å². The van der Waals surface area contributed by atoms with Gasteiger partial charge in [-0.3, -0.25) is 0 Å². The smallest absolute Gasteiger partial charge is 0.150 e. The van der Waals surface area contributed by atoms with Gasteiger partial charge in [0.05, 0.1) is 22.2 Å². The van der Waals surface area contributed by atoms with Gasteiger partial charge < -0.3 is 9.80 Å². The van der Waals surface area contributed by atoms with Crippen molar-refractivity contribution in [2.24, 2.45) is 0 Å². The maximum absolute atomic E-state index is 4.87. The van der Waals surface area contributed by atoms with E-state index in [0.717, 1.165) is 59.6 Å². The normalized spacial score (nSPS) is 14.9. The fourth-order valence-electron chi connectivity index (χ4n) is 3.72. The first-order valence-electron chi connectivity index (χ1n) is 9.21. The molecular weight excluding hydrogens is 336 g/mol. The molecule has 0 amide bonds. The third kappa shape index (κ3) is 2.93. The van der Waals surface area contributed by atoms with E-state index in [-0.39, 0.29) is 0 Å². The Bertz CT molecular complexity index is 1120. The summed E-state index contributed by atoms with van der Waals surface area (Å²) in [6.07, 6.45) is 3.46. The first kappa shape index (κ1) is 15.9. The number of piperazine rings is 1. The van der Waals surface area contributed by atoms with E-state index in [1.807, 2.05) is 37.4 Å². The van der Waals surface area contributed by atoms with Crippen molar-refractivity contribution in [3.8, 4) is 0 Å². The molecule has 6 nitrogen and oxygen atoms in total. The number of aromatic nitrogens is 4. The van der Waals surface area contributed by atoms with Crippen molar-refractivity contribution < 1.29 is 0 Å². The highest BCUT2D eigenvalue weighted by Gasteiger charge is 2.21. The lowest BCUT2D eigenvalue weighted by Gasteiger charge is -2.37. The summed E-state index contributed by atoms with van der Waals surface area (Å²) in [5.74, 6) is 1.00.